The molecule has 0 spiro atoms. The maximum absolute atomic E-state index is 13.0. The summed E-state index contributed by atoms with van der Waals surface area (Å²) >= 11 is 0. The van der Waals surface area contributed by atoms with E-state index in [1.54, 1.807) is 6.26 Å². The largest absolute Gasteiger partial charge is 0.469 e. The molecule has 0 saturated carbocycles. The Kier molecular flexibility index (Phi) is 3.03. The van der Waals surface area contributed by atoms with Crippen molar-refractivity contribution in [3.63, 3.8) is 0 Å². The van der Waals surface area contributed by atoms with Gasteiger partial charge in [-0.2, -0.15) is 27.8 Å². The molecule has 9 heteroatoms. The number of furan rings is 1. The molecular formula is C14H12F3N5O. The van der Waals surface area contributed by atoms with E-state index in [1.165, 1.54) is 10.8 Å². The first-order chi connectivity index (χ1) is 11.0. The lowest BCUT2D eigenvalue weighted by atomic mass is 10.1. The summed E-state index contributed by atoms with van der Waals surface area (Å²) in [6, 6.07) is 4.71. The number of aromatic nitrogens is 4. The maximum atomic E-state index is 13.0. The molecule has 1 unspecified atom stereocenters. The van der Waals surface area contributed by atoms with Crippen molar-refractivity contribution < 1.29 is 17.6 Å². The Hall–Kier alpha value is -2.58. The number of fused-ring (bicyclic) bond motifs is 1. The molecule has 6 nitrogen and oxygen atoms in total. The van der Waals surface area contributed by atoms with Crippen LogP contribution in [0.25, 0.3) is 5.78 Å². The van der Waals surface area contributed by atoms with Crippen molar-refractivity contribution in [2.75, 3.05) is 18.0 Å². The number of alkyl halides is 3. The van der Waals surface area contributed by atoms with Crippen LogP contribution >= 0.6 is 0 Å². The molecule has 23 heavy (non-hydrogen) atoms. The van der Waals surface area contributed by atoms with E-state index in [9.17, 15) is 13.2 Å². The summed E-state index contributed by atoms with van der Waals surface area (Å²) in [5.41, 5.74) is -0.963. The molecule has 0 radical (unpaired) electrons. The minimum atomic E-state index is -4.53. The van der Waals surface area contributed by atoms with E-state index in [0.717, 1.165) is 18.2 Å². The fourth-order valence-corrected chi connectivity index (χ4v) is 2.89. The van der Waals surface area contributed by atoms with Crippen LogP contribution in [0.5, 0.6) is 0 Å². The fraction of sp³-hybridized carbons (Fsp3) is 0.357. The smallest absolute Gasteiger partial charge is 0.433 e. The molecule has 1 aliphatic rings. The Balaban J connectivity index is 1.72. The van der Waals surface area contributed by atoms with E-state index in [1.807, 2.05) is 17.0 Å². The monoisotopic (exact) mass is 323 g/mol. The first-order valence-electron chi connectivity index (χ1n) is 7.09. The summed E-state index contributed by atoms with van der Waals surface area (Å²) in [6.07, 6.45) is -0.927. The van der Waals surface area contributed by atoms with Crippen LogP contribution in [0, 0.1) is 0 Å². The lowest BCUT2D eigenvalue weighted by molar-refractivity contribution is -0.141. The molecule has 1 atom stereocenters. The molecule has 3 aromatic heterocycles. The highest BCUT2D eigenvalue weighted by Crippen LogP contribution is 2.34. The third kappa shape index (κ3) is 2.41. The number of nitrogens with zero attached hydrogens (tertiary/aromatic N) is 5. The second-order valence-corrected chi connectivity index (χ2v) is 5.42. The fourth-order valence-electron chi connectivity index (χ4n) is 2.89. The average Bonchev–Trinajstić information content (AvgIpc) is 3.24. The summed E-state index contributed by atoms with van der Waals surface area (Å²) in [6.45, 7) is 1.17. The highest BCUT2D eigenvalue weighted by Gasteiger charge is 2.36. The van der Waals surface area contributed by atoms with Crippen LogP contribution in [0.4, 0.5) is 19.0 Å². The highest BCUT2D eigenvalue weighted by molar-refractivity contribution is 5.49. The SMILES string of the molecule is FC(F)(F)c1cc(N2CCC(c3ccco3)C2)n2ncnc2n1. The van der Waals surface area contributed by atoms with E-state index < -0.39 is 11.9 Å². The lowest BCUT2D eigenvalue weighted by Crippen LogP contribution is -2.24. The van der Waals surface area contributed by atoms with E-state index in [2.05, 4.69) is 15.1 Å². The standard InChI is InChI=1S/C14H12F3N5O/c15-14(16,17)11-6-12(22-13(20-11)18-8-19-22)21-4-3-9(7-21)10-2-1-5-23-10/h1-2,5-6,8-9H,3-4,7H2. The van der Waals surface area contributed by atoms with Crippen molar-refractivity contribution in [1.29, 1.82) is 0 Å². The Morgan fingerprint density at radius 2 is 2.17 bits per heavy atom. The second-order valence-electron chi connectivity index (χ2n) is 5.42. The summed E-state index contributed by atoms with van der Waals surface area (Å²) in [5.74, 6) is 1.27. The lowest BCUT2D eigenvalue weighted by Gasteiger charge is -2.20. The Bertz CT molecular complexity index is 827. The van der Waals surface area contributed by atoms with Gasteiger partial charge in [-0.3, -0.25) is 0 Å². The predicted molar refractivity (Wildman–Crippen MR) is 74.1 cm³/mol. The zero-order valence-electron chi connectivity index (χ0n) is 11.9. The topological polar surface area (TPSA) is 59.5 Å². The Morgan fingerprint density at radius 3 is 2.91 bits per heavy atom. The molecule has 0 bridgehead atoms. The second kappa shape index (κ2) is 4.97. The van der Waals surface area contributed by atoms with E-state index in [4.69, 9.17) is 4.42 Å². The van der Waals surface area contributed by atoms with Crippen molar-refractivity contribution in [3.05, 3.63) is 42.2 Å². The predicted octanol–water partition coefficient (Wildman–Crippen LogP) is 2.73. The average molecular weight is 323 g/mol. The van der Waals surface area contributed by atoms with Gasteiger partial charge in [0.15, 0.2) is 5.69 Å². The molecular weight excluding hydrogens is 311 g/mol. The molecule has 0 amide bonds. The van der Waals surface area contributed by atoms with Crippen molar-refractivity contribution in [2.45, 2.75) is 18.5 Å². The molecule has 1 aliphatic heterocycles. The Labute approximate surface area is 128 Å². The number of halogens is 3. The van der Waals surface area contributed by atoms with Gasteiger partial charge in [-0.25, -0.2) is 4.98 Å². The number of anilines is 1. The van der Waals surface area contributed by atoms with Crippen molar-refractivity contribution in [1.82, 2.24) is 19.6 Å². The molecule has 0 aliphatic carbocycles. The first kappa shape index (κ1) is 14.0. The van der Waals surface area contributed by atoms with Gasteiger partial charge < -0.3 is 9.32 Å². The van der Waals surface area contributed by atoms with Gasteiger partial charge in [-0.1, -0.05) is 0 Å². The summed E-state index contributed by atoms with van der Waals surface area (Å²) in [4.78, 5) is 9.17. The van der Waals surface area contributed by atoms with Gasteiger partial charge in [0.1, 0.15) is 17.9 Å². The van der Waals surface area contributed by atoms with E-state index in [0.29, 0.717) is 18.9 Å². The molecule has 4 heterocycles. The minimum absolute atomic E-state index is 0.0590. The quantitative estimate of drug-likeness (QED) is 0.726. The van der Waals surface area contributed by atoms with Crippen LogP contribution in [-0.2, 0) is 6.18 Å². The number of hydrogen-bond acceptors (Lipinski definition) is 5. The molecule has 1 saturated heterocycles. The highest BCUT2D eigenvalue weighted by atomic mass is 19.4. The van der Waals surface area contributed by atoms with Crippen molar-refractivity contribution >= 4 is 11.6 Å². The molecule has 0 aromatic carbocycles. The summed E-state index contributed by atoms with van der Waals surface area (Å²) in [5, 5.41) is 3.98. The maximum Gasteiger partial charge on any atom is 0.433 e. The normalized spacial score (nSPS) is 18.9. The van der Waals surface area contributed by atoms with Gasteiger partial charge in [0.2, 0.25) is 0 Å². The van der Waals surface area contributed by atoms with Crippen LogP contribution in [0.1, 0.15) is 23.8 Å². The van der Waals surface area contributed by atoms with Crippen LogP contribution in [-0.4, -0.2) is 32.7 Å². The summed E-state index contributed by atoms with van der Waals surface area (Å²) < 4.78 is 45.8. The van der Waals surface area contributed by atoms with Gasteiger partial charge in [0.05, 0.1) is 6.26 Å². The molecule has 120 valence electrons. The van der Waals surface area contributed by atoms with Crippen molar-refractivity contribution in [3.8, 4) is 0 Å². The van der Waals surface area contributed by atoms with Crippen LogP contribution in [0.15, 0.2) is 35.2 Å². The first-order valence-corrected chi connectivity index (χ1v) is 7.09. The third-order valence-electron chi connectivity index (χ3n) is 3.98. The van der Waals surface area contributed by atoms with Crippen molar-refractivity contribution in [2.24, 2.45) is 0 Å². The van der Waals surface area contributed by atoms with Gasteiger partial charge in [0, 0.05) is 25.1 Å². The van der Waals surface area contributed by atoms with E-state index in [-0.39, 0.29) is 11.7 Å². The van der Waals surface area contributed by atoms with Gasteiger partial charge in [-0.05, 0) is 18.6 Å². The zero-order chi connectivity index (χ0) is 16.0. The number of rotatable bonds is 2. The number of hydrogen-bond donors (Lipinski definition) is 0. The molecule has 4 rings (SSSR count). The third-order valence-corrected chi connectivity index (χ3v) is 3.98. The Morgan fingerprint density at radius 1 is 1.30 bits per heavy atom. The minimum Gasteiger partial charge on any atom is -0.469 e. The molecule has 0 N–H and O–H groups in total. The van der Waals surface area contributed by atoms with Crippen LogP contribution in [0.2, 0.25) is 0 Å². The zero-order valence-corrected chi connectivity index (χ0v) is 11.9. The van der Waals surface area contributed by atoms with Crippen LogP contribution < -0.4 is 4.90 Å². The van der Waals surface area contributed by atoms with Gasteiger partial charge >= 0.3 is 6.18 Å². The van der Waals surface area contributed by atoms with E-state index >= 15 is 0 Å². The molecule has 3 aromatic rings. The van der Waals surface area contributed by atoms with Gasteiger partial charge in [0.25, 0.3) is 5.78 Å². The van der Waals surface area contributed by atoms with Gasteiger partial charge in [-0.15, -0.1) is 0 Å². The summed E-state index contributed by atoms with van der Waals surface area (Å²) in [7, 11) is 0. The van der Waals surface area contributed by atoms with Crippen LogP contribution in [0.3, 0.4) is 0 Å². The molecule has 1 fully saturated rings.